The summed E-state index contributed by atoms with van der Waals surface area (Å²) in [6.07, 6.45) is 1.03. The van der Waals surface area contributed by atoms with Crippen LogP contribution in [0, 0.1) is 6.92 Å². The number of carbonyl (C=O) groups excluding carboxylic acids is 1. The fourth-order valence-electron chi connectivity index (χ4n) is 2.80. The maximum atomic E-state index is 13.0. The van der Waals surface area contributed by atoms with E-state index in [4.69, 9.17) is 10.3 Å². The highest BCUT2D eigenvalue weighted by Gasteiger charge is 2.23. The van der Waals surface area contributed by atoms with Crippen LogP contribution in [0.3, 0.4) is 0 Å². The van der Waals surface area contributed by atoms with Gasteiger partial charge in [-0.3, -0.25) is 9.52 Å². The molecular weight excluding hydrogens is 406 g/mol. The van der Waals surface area contributed by atoms with Gasteiger partial charge < -0.3 is 10.1 Å². The zero-order valence-corrected chi connectivity index (χ0v) is 18.6. The third-order valence-corrected chi connectivity index (χ3v) is 4.84. The summed E-state index contributed by atoms with van der Waals surface area (Å²) in [7, 11) is -2.20. The van der Waals surface area contributed by atoms with Crippen molar-refractivity contribution in [2.45, 2.75) is 33.1 Å². The number of methoxy groups -OCH3 is 1. The Morgan fingerprint density at radius 2 is 1.80 bits per heavy atom. The quantitative estimate of drug-likeness (QED) is 0.383. The van der Waals surface area contributed by atoms with E-state index in [1.807, 2.05) is 27.7 Å². The lowest BCUT2D eigenvalue weighted by molar-refractivity contribution is 0.102. The molecule has 0 saturated carbocycles. The molecule has 0 aliphatic rings. The molecule has 160 valence electrons. The van der Waals surface area contributed by atoms with E-state index in [-0.39, 0.29) is 33.8 Å². The Balaban J connectivity index is 2.62. The summed E-state index contributed by atoms with van der Waals surface area (Å²) in [4.78, 5) is 15.7. The van der Waals surface area contributed by atoms with E-state index in [0.29, 0.717) is 0 Å². The summed E-state index contributed by atoms with van der Waals surface area (Å²) < 4.78 is 31.5. The Hall–Kier alpha value is -3.23. The van der Waals surface area contributed by atoms with Gasteiger partial charge in [0.15, 0.2) is 5.75 Å². The maximum absolute atomic E-state index is 13.0. The first-order chi connectivity index (χ1) is 13.9. The van der Waals surface area contributed by atoms with Gasteiger partial charge in [0, 0.05) is 10.5 Å². The van der Waals surface area contributed by atoms with Crippen molar-refractivity contribution in [3.05, 3.63) is 57.5 Å². The number of sulfonamides is 1. The Bertz CT molecular complexity index is 1130. The van der Waals surface area contributed by atoms with E-state index in [2.05, 4.69) is 20.1 Å². The van der Waals surface area contributed by atoms with Gasteiger partial charge in [0.1, 0.15) is 0 Å². The molecule has 0 unspecified atom stereocenters. The lowest BCUT2D eigenvalue weighted by Crippen LogP contribution is -2.18. The van der Waals surface area contributed by atoms with Crippen LogP contribution in [-0.2, 0) is 15.4 Å². The highest BCUT2D eigenvalue weighted by atomic mass is 32.2. The summed E-state index contributed by atoms with van der Waals surface area (Å²) in [6.45, 7) is 7.70. The van der Waals surface area contributed by atoms with Crippen molar-refractivity contribution >= 4 is 33.0 Å². The molecule has 9 nitrogen and oxygen atoms in total. The van der Waals surface area contributed by atoms with Crippen molar-refractivity contribution in [2.75, 3.05) is 23.4 Å². The van der Waals surface area contributed by atoms with Crippen LogP contribution in [0.1, 0.15) is 42.3 Å². The van der Waals surface area contributed by atoms with Gasteiger partial charge in [-0.2, -0.15) is 0 Å². The average molecular weight is 432 g/mol. The van der Waals surface area contributed by atoms with Crippen molar-refractivity contribution in [2.24, 2.45) is 5.11 Å². The van der Waals surface area contributed by atoms with Crippen LogP contribution in [-0.4, -0.2) is 27.7 Å². The highest BCUT2D eigenvalue weighted by Crippen LogP contribution is 2.39. The van der Waals surface area contributed by atoms with Crippen molar-refractivity contribution in [3.63, 3.8) is 0 Å². The second-order valence-corrected chi connectivity index (χ2v) is 9.64. The number of amides is 1. The largest absolute Gasteiger partial charge is 0.492 e. The topological polar surface area (TPSA) is 133 Å². The van der Waals surface area contributed by atoms with Crippen LogP contribution < -0.4 is 14.8 Å². The first kappa shape index (κ1) is 23.1. The number of ether oxygens (including phenoxy) is 1. The molecule has 0 aromatic heterocycles. The molecule has 2 aromatic carbocycles. The van der Waals surface area contributed by atoms with Crippen molar-refractivity contribution in [1.82, 2.24) is 0 Å². The fraction of sp³-hybridized carbons (Fsp3) is 0.350. The van der Waals surface area contributed by atoms with Gasteiger partial charge in [-0.15, -0.1) is 0 Å². The number of nitrogens with zero attached hydrogens (tertiary/aromatic N) is 3. The van der Waals surface area contributed by atoms with Crippen molar-refractivity contribution in [1.29, 1.82) is 0 Å². The Labute approximate surface area is 176 Å². The van der Waals surface area contributed by atoms with E-state index in [0.717, 1.165) is 17.4 Å². The van der Waals surface area contributed by atoms with Gasteiger partial charge in [-0.1, -0.05) is 37.5 Å². The molecule has 0 aliphatic heterocycles. The molecule has 0 spiro atoms. The molecule has 0 radical (unpaired) electrons. The molecule has 10 heteroatoms. The molecule has 0 atom stereocenters. The summed E-state index contributed by atoms with van der Waals surface area (Å²) in [5.41, 5.74) is 10.9. The zero-order chi connectivity index (χ0) is 22.7. The van der Waals surface area contributed by atoms with Gasteiger partial charge in [0.05, 0.1) is 30.4 Å². The summed E-state index contributed by atoms with van der Waals surface area (Å²) in [6, 6.07) is 8.29. The number of benzene rings is 2. The molecule has 0 saturated heterocycles. The predicted molar refractivity (Wildman–Crippen MR) is 118 cm³/mol. The van der Waals surface area contributed by atoms with Crippen molar-refractivity contribution < 1.29 is 17.9 Å². The normalized spacial score (nSPS) is 11.4. The van der Waals surface area contributed by atoms with E-state index in [1.165, 1.54) is 7.11 Å². The molecule has 1 amide bonds. The molecule has 0 heterocycles. The first-order valence-electron chi connectivity index (χ1n) is 9.03. The minimum absolute atomic E-state index is 0.166. The highest BCUT2D eigenvalue weighted by molar-refractivity contribution is 7.92. The predicted octanol–water partition coefficient (Wildman–Crippen LogP) is 4.87. The van der Waals surface area contributed by atoms with Crippen LogP contribution in [0.15, 0.2) is 35.4 Å². The summed E-state index contributed by atoms with van der Waals surface area (Å²) in [5, 5.41) is 6.35. The van der Waals surface area contributed by atoms with Gasteiger partial charge in [-0.25, -0.2) is 8.42 Å². The van der Waals surface area contributed by atoms with Crippen LogP contribution in [0.2, 0.25) is 0 Å². The van der Waals surface area contributed by atoms with Gasteiger partial charge in [0.2, 0.25) is 10.0 Å². The minimum atomic E-state index is -3.59. The number of nitrogens with one attached hydrogen (secondary N) is 2. The number of azide groups is 1. The van der Waals surface area contributed by atoms with Crippen LogP contribution in [0.5, 0.6) is 5.75 Å². The van der Waals surface area contributed by atoms with E-state index in [9.17, 15) is 13.2 Å². The molecule has 0 fully saturated rings. The maximum Gasteiger partial charge on any atom is 0.256 e. The minimum Gasteiger partial charge on any atom is -0.492 e. The number of hydrogen-bond acceptors (Lipinski definition) is 5. The van der Waals surface area contributed by atoms with Crippen LogP contribution in [0.4, 0.5) is 17.1 Å². The van der Waals surface area contributed by atoms with E-state index < -0.39 is 15.9 Å². The number of rotatable bonds is 6. The zero-order valence-electron chi connectivity index (χ0n) is 17.8. The van der Waals surface area contributed by atoms with Gasteiger partial charge in [-0.05, 0) is 47.7 Å². The second kappa shape index (κ2) is 8.64. The number of anilines is 2. The summed E-state index contributed by atoms with van der Waals surface area (Å²) >= 11 is 0. The average Bonchev–Trinajstić information content (AvgIpc) is 2.59. The smallest absolute Gasteiger partial charge is 0.256 e. The van der Waals surface area contributed by atoms with E-state index in [1.54, 1.807) is 30.3 Å². The Morgan fingerprint density at radius 1 is 1.17 bits per heavy atom. The number of hydrogen-bond donors (Lipinski definition) is 2. The van der Waals surface area contributed by atoms with Gasteiger partial charge in [0.25, 0.3) is 5.91 Å². The first-order valence-corrected chi connectivity index (χ1v) is 10.9. The molecule has 2 rings (SSSR count). The molecule has 0 bridgehead atoms. The molecule has 2 N–H and O–H groups in total. The lowest BCUT2D eigenvalue weighted by atomic mass is 9.86. The van der Waals surface area contributed by atoms with Crippen molar-refractivity contribution in [3.8, 4) is 5.75 Å². The molecule has 30 heavy (non-hydrogen) atoms. The Kier molecular flexibility index (Phi) is 6.64. The molecule has 0 aliphatic carbocycles. The fourth-order valence-corrected chi connectivity index (χ4v) is 3.36. The second-order valence-electron chi connectivity index (χ2n) is 7.89. The SMILES string of the molecule is COc1c(NC(=O)c2ccc(C)cc2N=[N+]=[N-])cc(C(C)(C)C)cc1NS(C)(=O)=O. The van der Waals surface area contributed by atoms with Crippen LogP contribution in [0.25, 0.3) is 10.4 Å². The Morgan fingerprint density at radius 3 is 2.33 bits per heavy atom. The third kappa shape index (κ3) is 5.65. The van der Waals surface area contributed by atoms with Crippen LogP contribution >= 0.6 is 0 Å². The lowest BCUT2D eigenvalue weighted by Gasteiger charge is -2.24. The summed E-state index contributed by atoms with van der Waals surface area (Å²) in [5.74, 6) is -0.355. The van der Waals surface area contributed by atoms with E-state index >= 15 is 0 Å². The molecular formula is C20H25N5O4S. The number of aryl methyl sites for hydroxylation is 1. The van der Waals surface area contributed by atoms with Gasteiger partial charge >= 0.3 is 0 Å². The molecule has 2 aromatic rings. The monoisotopic (exact) mass is 431 g/mol. The standard InChI is InChI=1S/C20H25N5O4S/c1-12-7-8-14(15(9-12)23-25-21)19(26)22-16-10-13(20(2,3)4)11-17(18(16)29-5)24-30(6,27)28/h7-11,24H,1-6H3,(H,22,26). The number of carbonyl (C=O) groups is 1. The third-order valence-electron chi connectivity index (χ3n) is 4.25.